The minimum Gasteiger partial charge on any atom is -0.494 e. The first-order valence-corrected chi connectivity index (χ1v) is 17.9. The second-order valence-electron chi connectivity index (χ2n) is 11.7. The second kappa shape index (κ2) is 16.1. The van der Waals surface area contributed by atoms with Gasteiger partial charge in [-0.2, -0.15) is 0 Å². The van der Waals surface area contributed by atoms with Crippen LogP contribution in [0.2, 0.25) is 5.02 Å². The van der Waals surface area contributed by atoms with Gasteiger partial charge in [0.05, 0.1) is 17.2 Å². The highest BCUT2D eigenvalue weighted by molar-refractivity contribution is 7.92. The van der Waals surface area contributed by atoms with E-state index >= 15 is 4.39 Å². The van der Waals surface area contributed by atoms with Crippen molar-refractivity contribution in [3.63, 3.8) is 0 Å². The number of amides is 2. The van der Waals surface area contributed by atoms with E-state index in [4.69, 9.17) is 16.3 Å². The summed E-state index contributed by atoms with van der Waals surface area (Å²) in [4.78, 5) is 29.9. The van der Waals surface area contributed by atoms with Crippen LogP contribution in [0, 0.1) is 5.82 Å². The SMILES string of the molecule is CCOc1ccc(N(CC(=O)N(Cc2ccccc2F)[C@@H](Cc2ccccc2)C(=O)NC2CCCC2)S(=O)(=O)c2ccc(Cl)cc2)cc1. The molecule has 1 atom stereocenters. The summed E-state index contributed by atoms with van der Waals surface area (Å²) >= 11 is 6.06. The maximum absolute atomic E-state index is 15.1. The van der Waals surface area contributed by atoms with Gasteiger partial charge in [0, 0.05) is 29.6 Å². The Labute approximate surface area is 286 Å². The molecule has 0 aliphatic heterocycles. The molecule has 48 heavy (non-hydrogen) atoms. The Kier molecular flexibility index (Phi) is 11.7. The summed E-state index contributed by atoms with van der Waals surface area (Å²) in [7, 11) is -4.32. The van der Waals surface area contributed by atoms with Gasteiger partial charge < -0.3 is 15.0 Å². The van der Waals surface area contributed by atoms with Gasteiger partial charge in [0.1, 0.15) is 24.2 Å². The number of nitrogens with one attached hydrogen (secondary N) is 1. The van der Waals surface area contributed by atoms with Gasteiger partial charge in [-0.3, -0.25) is 13.9 Å². The molecule has 11 heteroatoms. The Balaban J connectivity index is 1.57. The van der Waals surface area contributed by atoms with Crippen molar-refractivity contribution >= 4 is 39.1 Å². The molecule has 5 rings (SSSR count). The fraction of sp³-hybridized carbons (Fsp3) is 0.297. The van der Waals surface area contributed by atoms with Crippen LogP contribution in [0.15, 0.2) is 108 Å². The van der Waals surface area contributed by atoms with Crippen molar-refractivity contribution in [2.24, 2.45) is 0 Å². The molecule has 4 aromatic carbocycles. The van der Waals surface area contributed by atoms with Crippen LogP contribution >= 0.6 is 11.6 Å². The zero-order valence-electron chi connectivity index (χ0n) is 26.7. The number of halogens is 2. The monoisotopic (exact) mass is 691 g/mol. The first kappa shape index (κ1) is 34.9. The molecular weight excluding hydrogens is 653 g/mol. The van der Waals surface area contributed by atoms with Crippen LogP contribution in [0.4, 0.5) is 10.1 Å². The predicted molar refractivity (Wildman–Crippen MR) is 185 cm³/mol. The van der Waals surface area contributed by atoms with E-state index in [0.29, 0.717) is 17.4 Å². The van der Waals surface area contributed by atoms with Crippen LogP contribution < -0.4 is 14.4 Å². The van der Waals surface area contributed by atoms with Crippen molar-refractivity contribution in [1.82, 2.24) is 10.2 Å². The molecule has 1 aliphatic carbocycles. The Morgan fingerprint density at radius 1 is 0.917 bits per heavy atom. The first-order chi connectivity index (χ1) is 23.2. The lowest BCUT2D eigenvalue weighted by Crippen LogP contribution is -2.54. The standard InChI is InChI=1S/C37H39ClFN3O5S/c1-2-47-32-20-18-31(19-21-32)42(48(45,46)33-22-16-29(38)17-23-33)26-36(43)41(25-28-12-6-9-15-34(28)39)35(24-27-10-4-3-5-11-27)37(44)40-30-13-7-8-14-30/h3-6,9-12,15-23,30,35H,2,7-8,13-14,24-26H2,1H3,(H,40,44)/t35-/m0/s1. The molecule has 0 saturated heterocycles. The highest BCUT2D eigenvalue weighted by atomic mass is 35.5. The topological polar surface area (TPSA) is 96.0 Å². The molecule has 4 aromatic rings. The molecule has 252 valence electrons. The van der Waals surface area contributed by atoms with Gasteiger partial charge in [0.15, 0.2) is 0 Å². The number of carbonyl (C=O) groups is 2. The fourth-order valence-electron chi connectivity index (χ4n) is 5.87. The smallest absolute Gasteiger partial charge is 0.264 e. The average molecular weight is 692 g/mol. The van der Waals surface area contributed by atoms with Crippen LogP contribution in [0.3, 0.4) is 0 Å². The normalized spacial score (nSPS) is 13.9. The molecule has 1 aliphatic rings. The van der Waals surface area contributed by atoms with E-state index in [9.17, 15) is 18.0 Å². The quantitative estimate of drug-likeness (QED) is 0.158. The van der Waals surface area contributed by atoms with Crippen molar-refractivity contribution in [2.75, 3.05) is 17.5 Å². The molecule has 0 heterocycles. The van der Waals surface area contributed by atoms with E-state index in [1.807, 2.05) is 37.3 Å². The maximum atomic E-state index is 15.1. The van der Waals surface area contributed by atoms with Gasteiger partial charge >= 0.3 is 0 Å². The van der Waals surface area contributed by atoms with Gasteiger partial charge in [0.25, 0.3) is 10.0 Å². The number of rotatable bonds is 14. The molecule has 1 saturated carbocycles. The summed E-state index contributed by atoms with van der Waals surface area (Å²) < 4.78 is 50.1. The van der Waals surface area contributed by atoms with E-state index in [0.717, 1.165) is 35.6 Å². The van der Waals surface area contributed by atoms with Gasteiger partial charge in [-0.25, -0.2) is 12.8 Å². The lowest BCUT2D eigenvalue weighted by molar-refractivity contribution is -0.140. The number of hydrogen-bond donors (Lipinski definition) is 1. The highest BCUT2D eigenvalue weighted by Gasteiger charge is 2.36. The zero-order chi connectivity index (χ0) is 34.1. The van der Waals surface area contributed by atoms with E-state index < -0.39 is 34.3 Å². The maximum Gasteiger partial charge on any atom is 0.264 e. The molecule has 2 amide bonds. The average Bonchev–Trinajstić information content (AvgIpc) is 3.60. The Morgan fingerprint density at radius 2 is 1.56 bits per heavy atom. The molecular formula is C37H39ClFN3O5S. The van der Waals surface area contributed by atoms with Gasteiger partial charge in [-0.1, -0.05) is 73.0 Å². The van der Waals surface area contributed by atoms with Crippen molar-refractivity contribution in [3.8, 4) is 5.75 Å². The minimum atomic E-state index is -4.32. The van der Waals surface area contributed by atoms with Gasteiger partial charge in [0.2, 0.25) is 11.8 Å². The number of benzene rings is 4. The van der Waals surface area contributed by atoms with E-state index in [1.165, 1.54) is 35.2 Å². The third kappa shape index (κ3) is 8.73. The number of anilines is 1. The van der Waals surface area contributed by atoms with E-state index in [1.54, 1.807) is 42.5 Å². The van der Waals surface area contributed by atoms with Gasteiger partial charge in [-0.05, 0) is 79.9 Å². The third-order valence-electron chi connectivity index (χ3n) is 8.39. The first-order valence-electron chi connectivity index (χ1n) is 16.0. The van der Waals surface area contributed by atoms with Crippen molar-refractivity contribution in [2.45, 2.75) is 62.6 Å². The van der Waals surface area contributed by atoms with Crippen LogP contribution in [0.5, 0.6) is 5.75 Å². The molecule has 0 aromatic heterocycles. The Morgan fingerprint density at radius 3 is 2.21 bits per heavy atom. The summed E-state index contributed by atoms with van der Waals surface area (Å²) in [5.74, 6) is -1.05. The minimum absolute atomic E-state index is 0.0354. The summed E-state index contributed by atoms with van der Waals surface area (Å²) in [6.07, 6.45) is 3.79. The number of hydrogen-bond acceptors (Lipinski definition) is 5. The summed E-state index contributed by atoms with van der Waals surface area (Å²) in [6.45, 7) is 1.35. The zero-order valence-corrected chi connectivity index (χ0v) is 28.3. The number of sulfonamides is 1. The largest absolute Gasteiger partial charge is 0.494 e. The summed E-state index contributed by atoms with van der Waals surface area (Å²) in [5.41, 5.74) is 1.21. The fourth-order valence-corrected chi connectivity index (χ4v) is 7.41. The van der Waals surface area contributed by atoms with Crippen LogP contribution in [-0.2, 0) is 32.6 Å². The summed E-state index contributed by atoms with van der Waals surface area (Å²) in [6, 6.07) is 26.2. The molecule has 1 fully saturated rings. The highest BCUT2D eigenvalue weighted by Crippen LogP contribution is 2.28. The van der Waals surface area contributed by atoms with Crippen LogP contribution in [0.25, 0.3) is 0 Å². The predicted octanol–water partition coefficient (Wildman–Crippen LogP) is 6.77. The van der Waals surface area contributed by atoms with Crippen LogP contribution in [-0.4, -0.2) is 50.4 Å². The summed E-state index contributed by atoms with van der Waals surface area (Å²) in [5, 5.41) is 3.47. The molecule has 0 unspecified atom stereocenters. The van der Waals surface area contributed by atoms with Crippen molar-refractivity contribution in [3.05, 3.63) is 125 Å². The van der Waals surface area contributed by atoms with E-state index in [2.05, 4.69) is 5.32 Å². The van der Waals surface area contributed by atoms with Crippen molar-refractivity contribution < 1.29 is 27.1 Å². The van der Waals surface area contributed by atoms with Crippen LogP contribution in [0.1, 0.15) is 43.7 Å². The Bertz CT molecular complexity index is 1780. The Hall–Kier alpha value is -4.41. The molecule has 0 spiro atoms. The third-order valence-corrected chi connectivity index (χ3v) is 10.4. The lowest BCUT2D eigenvalue weighted by atomic mass is 10.0. The molecule has 0 radical (unpaired) electrons. The van der Waals surface area contributed by atoms with Gasteiger partial charge in [-0.15, -0.1) is 0 Å². The molecule has 0 bridgehead atoms. The van der Waals surface area contributed by atoms with E-state index in [-0.39, 0.29) is 41.1 Å². The lowest BCUT2D eigenvalue weighted by Gasteiger charge is -2.34. The number of carbonyl (C=O) groups excluding carboxylic acids is 2. The number of ether oxygens (including phenoxy) is 1. The second-order valence-corrected chi connectivity index (χ2v) is 14.0. The number of nitrogens with zero attached hydrogens (tertiary/aromatic N) is 2. The molecule has 1 N–H and O–H groups in total. The van der Waals surface area contributed by atoms with Crippen molar-refractivity contribution in [1.29, 1.82) is 0 Å². The molecule has 8 nitrogen and oxygen atoms in total.